The lowest BCUT2D eigenvalue weighted by Gasteiger charge is -2.19. The van der Waals surface area contributed by atoms with Gasteiger partial charge in [-0.25, -0.2) is 9.97 Å². The van der Waals surface area contributed by atoms with Gasteiger partial charge in [-0.15, -0.1) is 0 Å². The first kappa shape index (κ1) is 11.0. The second-order valence-electron chi connectivity index (χ2n) is 4.50. The van der Waals surface area contributed by atoms with Crippen molar-refractivity contribution in [3.05, 3.63) is 47.8 Å². The molecule has 2 heterocycles. The SMILES string of the molecule is Cc1ccnc(NCN2CCc3ccccc32)n1. The van der Waals surface area contributed by atoms with Gasteiger partial charge in [0.2, 0.25) is 5.95 Å². The molecule has 1 aliphatic heterocycles. The summed E-state index contributed by atoms with van der Waals surface area (Å²) in [7, 11) is 0. The lowest BCUT2D eigenvalue weighted by molar-refractivity contribution is 0.863. The third-order valence-electron chi connectivity index (χ3n) is 3.21. The fraction of sp³-hybridized carbons (Fsp3) is 0.286. The predicted octanol–water partition coefficient (Wildman–Crippen LogP) is 2.22. The molecule has 4 heteroatoms. The van der Waals surface area contributed by atoms with Crippen LogP contribution in [-0.4, -0.2) is 23.2 Å². The smallest absolute Gasteiger partial charge is 0.224 e. The van der Waals surface area contributed by atoms with Crippen LogP contribution in [0.1, 0.15) is 11.3 Å². The zero-order chi connectivity index (χ0) is 12.4. The average molecular weight is 240 g/mol. The Labute approximate surface area is 107 Å². The van der Waals surface area contributed by atoms with Gasteiger partial charge in [-0.3, -0.25) is 0 Å². The fourth-order valence-electron chi connectivity index (χ4n) is 2.27. The standard InChI is InChI=1S/C14H16N4/c1-11-6-8-15-14(17-11)16-10-18-9-7-12-4-2-3-5-13(12)18/h2-6,8H,7,9-10H2,1H3,(H,15,16,17). The maximum atomic E-state index is 4.34. The van der Waals surface area contributed by atoms with Crippen LogP contribution in [0.3, 0.4) is 0 Å². The lowest BCUT2D eigenvalue weighted by Crippen LogP contribution is -2.27. The number of benzene rings is 1. The molecule has 2 aromatic rings. The van der Waals surface area contributed by atoms with Crippen LogP contribution in [0, 0.1) is 6.92 Å². The Hall–Kier alpha value is -2.10. The molecule has 4 nitrogen and oxygen atoms in total. The highest BCUT2D eigenvalue weighted by atomic mass is 15.3. The molecule has 18 heavy (non-hydrogen) atoms. The lowest BCUT2D eigenvalue weighted by atomic mass is 10.2. The van der Waals surface area contributed by atoms with Crippen molar-refractivity contribution in [2.45, 2.75) is 13.3 Å². The number of rotatable bonds is 3. The van der Waals surface area contributed by atoms with E-state index in [1.54, 1.807) is 6.20 Å². The number of hydrogen-bond acceptors (Lipinski definition) is 4. The van der Waals surface area contributed by atoms with E-state index < -0.39 is 0 Å². The van der Waals surface area contributed by atoms with Crippen molar-refractivity contribution < 1.29 is 0 Å². The zero-order valence-corrected chi connectivity index (χ0v) is 10.4. The van der Waals surface area contributed by atoms with Crippen LogP contribution in [0.2, 0.25) is 0 Å². The van der Waals surface area contributed by atoms with Gasteiger partial charge in [-0.1, -0.05) is 18.2 Å². The van der Waals surface area contributed by atoms with Gasteiger partial charge in [0.05, 0.1) is 6.67 Å². The summed E-state index contributed by atoms with van der Waals surface area (Å²) in [5.74, 6) is 0.694. The highest BCUT2D eigenvalue weighted by Gasteiger charge is 2.17. The molecular weight excluding hydrogens is 224 g/mol. The van der Waals surface area contributed by atoms with E-state index >= 15 is 0 Å². The van der Waals surface area contributed by atoms with Gasteiger partial charge in [0.15, 0.2) is 0 Å². The van der Waals surface area contributed by atoms with E-state index in [4.69, 9.17) is 0 Å². The number of aryl methyl sites for hydroxylation is 1. The van der Waals surface area contributed by atoms with E-state index in [-0.39, 0.29) is 0 Å². The minimum atomic E-state index is 0.694. The maximum absolute atomic E-state index is 4.34. The largest absolute Gasteiger partial charge is 0.353 e. The molecule has 0 fully saturated rings. The molecule has 0 aliphatic carbocycles. The molecule has 1 aromatic heterocycles. The van der Waals surface area contributed by atoms with Gasteiger partial charge in [0.1, 0.15) is 0 Å². The minimum Gasteiger partial charge on any atom is -0.353 e. The number of aromatic nitrogens is 2. The number of fused-ring (bicyclic) bond motifs is 1. The molecule has 0 amide bonds. The number of nitrogens with zero attached hydrogens (tertiary/aromatic N) is 3. The Kier molecular flexibility index (Phi) is 2.84. The summed E-state index contributed by atoms with van der Waals surface area (Å²) in [5, 5.41) is 3.27. The third-order valence-corrected chi connectivity index (χ3v) is 3.21. The maximum Gasteiger partial charge on any atom is 0.224 e. The number of anilines is 2. The summed E-state index contributed by atoms with van der Waals surface area (Å²) in [6, 6.07) is 10.4. The predicted molar refractivity (Wildman–Crippen MR) is 72.8 cm³/mol. The molecule has 0 spiro atoms. The van der Waals surface area contributed by atoms with E-state index in [9.17, 15) is 0 Å². The molecule has 1 N–H and O–H groups in total. The van der Waals surface area contributed by atoms with Crippen LogP contribution in [0.5, 0.6) is 0 Å². The minimum absolute atomic E-state index is 0.694. The zero-order valence-electron chi connectivity index (χ0n) is 10.4. The monoisotopic (exact) mass is 240 g/mol. The normalized spacial score (nSPS) is 13.5. The van der Waals surface area contributed by atoms with E-state index in [2.05, 4.69) is 44.5 Å². The van der Waals surface area contributed by atoms with Crippen LogP contribution < -0.4 is 10.2 Å². The molecule has 0 unspecified atom stereocenters. The van der Waals surface area contributed by atoms with Crippen molar-refractivity contribution in [3.8, 4) is 0 Å². The second kappa shape index (κ2) is 4.64. The highest BCUT2D eigenvalue weighted by molar-refractivity contribution is 5.58. The summed E-state index contributed by atoms with van der Waals surface area (Å²) >= 11 is 0. The van der Waals surface area contributed by atoms with Gasteiger partial charge < -0.3 is 10.2 Å². The van der Waals surface area contributed by atoms with Crippen LogP contribution >= 0.6 is 0 Å². The van der Waals surface area contributed by atoms with Crippen LogP contribution in [0.4, 0.5) is 11.6 Å². The molecule has 1 aromatic carbocycles. The Bertz CT molecular complexity index is 553. The molecule has 0 bridgehead atoms. The molecule has 0 atom stereocenters. The summed E-state index contributed by atoms with van der Waals surface area (Å²) in [5.41, 5.74) is 3.72. The molecule has 0 saturated heterocycles. The van der Waals surface area contributed by atoms with Gasteiger partial charge >= 0.3 is 0 Å². The van der Waals surface area contributed by atoms with Gasteiger partial charge in [-0.05, 0) is 31.0 Å². The Morgan fingerprint density at radius 1 is 1.28 bits per heavy atom. The van der Waals surface area contributed by atoms with Gasteiger partial charge in [0.25, 0.3) is 0 Å². The van der Waals surface area contributed by atoms with Crippen LogP contribution in [0.25, 0.3) is 0 Å². The first-order valence-corrected chi connectivity index (χ1v) is 6.19. The van der Waals surface area contributed by atoms with Crippen LogP contribution in [0.15, 0.2) is 36.5 Å². The van der Waals surface area contributed by atoms with Crippen molar-refractivity contribution >= 4 is 11.6 Å². The summed E-state index contributed by atoms with van der Waals surface area (Å²) < 4.78 is 0. The third kappa shape index (κ3) is 2.14. The van der Waals surface area contributed by atoms with E-state index in [0.717, 1.165) is 25.3 Å². The molecule has 92 valence electrons. The average Bonchev–Trinajstić information content (AvgIpc) is 2.80. The van der Waals surface area contributed by atoms with E-state index in [1.165, 1.54) is 11.3 Å². The van der Waals surface area contributed by atoms with Crippen LogP contribution in [-0.2, 0) is 6.42 Å². The van der Waals surface area contributed by atoms with Crippen molar-refractivity contribution in [3.63, 3.8) is 0 Å². The first-order chi connectivity index (χ1) is 8.83. The fourth-order valence-corrected chi connectivity index (χ4v) is 2.27. The Balaban J connectivity index is 1.69. The van der Waals surface area contributed by atoms with E-state index in [1.807, 2.05) is 13.0 Å². The topological polar surface area (TPSA) is 41.1 Å². The Morgan fingerprint density at radius 2 is 2.17 bits per heavy atom. The molecule has 1 aliphatic rings. The molecular formula is C14H16N4. The number of hydrogen-bond donors (Lipinski definition) is 1. The molecule has 3 rings (SSSR count). The van der Waals surface area contributed by atoms with Gasteiger partial charge in [0, 0.05) is 24.1 Å². The van der Waals surface area contributed by atoms with Crippen molar-refractivity contribution in [1.29, 1.82) is 0 Å². The van der Waals surface area contributed by atoms with Gasteiger partial charge in [-0.2, -0.15) is 0 Å². The Morgan fingerprint density at radius 3 is 3.06 bits per heavy atom. The second-order valence-corrected chi connectivity index (χ2v) is 4.50. The molecule has 0 saturated carbocycles. The van der Waals surface area contributed by atoms with E-state index in [0.29, 0.717) is 5.95 Å². The highest BCUT2D eigenvalue weighted by Crippen LogP contribution is 2.26. The first-order valence-electron chi connectivity index (χ1n) is 6.19. The summed E-state index contributed by atoms with van der Waals surface area (Å²) in [6.07, 6.45) is 2.90. The summed E-state index contributed by atoms with van der Waals surface area (Å²) in [4.78, 5) is 10.9. The van der Waals surface area contributed by atoms with Crippen molar-refractivity contribution in [1.82, 2.24) is 9.97 Å². The van der Waals surface area contributed by atoms with Crippen molar-refractivity contribution in [2.75, 3.05) is 23.4 Å². The number of nitrogens with one attached hydrogen (secondary N) is 1. The summed E-state index contributed by atoms with van der Waals surface area (Å²) in [6.45, 7) is 3.77. The number of para-hydroxylation sites is 1. The molecule has 0 radical (unpaired) electrons. The quantitative estimate of drug-likeness (QED) is 0.893. The van der Waals surface area contributed by atoms with Crippen molar-refractivity contribution in [2.24, 2.45) is 0 Å².